The van der Waals surface area contributed by atoms with E-state index in [4.69, 9.17) is 10.8 Å². The normalized spacial score (nSPS) is 11.7. The number of hydrogen-bond acceptors (Lipinski definition) is 4. The molecule has 0 aliphatic rings. The predicted molar refractivity (Wildman–Crippen MR) is 87.5 cm³/mol. The molecule has 6 nitrogen and oxygen atoms in total. The van der Waals surface area contributed by atoms with E-state index < -0.39 is 11.9 Å². The maximum Gasteiger partial charge on any atom is 0.304 e. The van der Waals surface area contributed by atoms with Gasteiger partial charge in [-0.3, -0.25) is 14.4 Å². The van der Waals surface area contributed by atoms with Crippen molar-refractivity contribution in [3.63, 3.8) is 0 Å². The van der Waals surface area contributed by atoms with Crippen LogP contribution in [-0.2, 0) is 9.59 Å². The summed E-state index contributed by atoms with van der Waals surface area (Å²) in [6, 6.07) is 9.93. The van der Waals surface area contributed by atoms with Gasteiger partial charge in [-0.1, -0.05) is 12.1 Å². The minimum Gasteiger partial charge on any atom is -0.481 e. The highest BCUT2D eigenvalue weighted by molar-refractivity contribution is 7.10. The molecule has 0 saturated heterocycles. The summed E-state index contributed by atoms with van der Waals surface area (Å²) in [5.41, 5.74) is 5.94. The van der Waals surface area contributed by atoms with Gasteiger partial charge in [0.25, 0.3) is 0 Å². The first-order valence-electron chi connectivity index (χ1n) is 6.90. The van der Waals surface area contributed by atoms with Gasteiger partial charge in [0.1, 0.15) is 0 Å². The highest BCUT2D eigenvalue weighted by atomic mass is 32.1. The van der Waals surface area contributed by atoms with E-state index in [-0.39, 0.29) is 24.7 Å². The molecule has 120 valence electrons. The van der Waals surface area contributed by atoms with E-state index in [9.17, 15) is 14.4 Å². The van der Waals surface area contributed by atoms with Crippen LogP contribution in [0.2, 0.25) is 0 Å². The van der Waals surface area contributed by atoms with Crippen molar-refractivity contribution < 1.29 is 19.5 Å². The van der Waals surface area contributed by atoms with Crippen LogP contribution in [0.15, 0.2) is 41.8 Å². The van der Waals surface area contributed by atoms with Crippen LogP contribution < -0.4 is 11.1 Å². The first kappa shape index (κ1) is 16.7. The number of aliphatic carboxylic acids is 1. The standard InChI is InChI=1S/C16H16N2O4S/c17-16(22)10-3-1-4-12(7-10)18-14(19)8-11(9-15(20)21)13-5-2-6-23-13/h1-7,11H,8-9H2,(H2,17,22)(H,18,19)(H,20,21)/t11-/m0/s1. The SMILES string of the molecule is NC(=O)c1cccc(NC(=O)C[C@@H](CC(=O)O)c2cccs2)c1. The lowest BCUT2D eigenvalue weighted by Gasteiger charge is -2.13. The maximum atomic E-state index is 12.2. The van der Waals surface area contributed by atoms with Crippen LogP contribution in [0.3, 0.4) is 0 Å². The summed E-state index contributed by atoms with van der Waals surface area (Å²) >= 11 is 1.42. The van der Waals surface area contributed by atoms with Gasteiger partial charge in [-0.15, -0.1) is 11.3 Å². The van der Waals surface area contributed by atoms with Gasteiger partial charge in [0.2, 0.25) is 11.8 Å². The highest BCUT2D eigenvalue weighted by Crippen LogP contribution is 2.28. The number of anilines is 1. The molecule has 2 rings (SSSR count). The van der Waals surface area contributed by atoms with Gasteiger partial charge in [-0.2, -0.15) is 0 Å². The van der Waals surface area contributed by atoms with E-state index in [2.05, 4.69) is 5.32 Å². The van der Waals surface area contributed by atoms with Crippen molar-refractivity contribution in [2.45, 2.75) is 18.8 Å². The second-order valence-corrected chi connectivity index (χ2v) is 5.99. The Morgan fingerprint density at radius 2 is 1.96 bits per heavy atom. The average Bonchev–Trinajstić information content (AvgIpc) is 3.00. The quantitative estimate of drug-likeness (QED) is 0.723. The van der Waals surface area contributed by atoms with E-state index >= 15 is 0 Å². The van der Waals surface area contributed by atoms with E-state index in [0.717, 1.165) is 4.88 Å². The molecule has 0 unspecified atom stereocenters. The van der Waals surface area contributed by atoms with Gasteiger partial charge in [-0.25, -0.2) is 0 Å². The molecular weight excluding hydrogens is 316 g/mol. The lowest BCUT2D eigenvalue weighted by Crippen LogP contribution is -2.18. The second-order valence-electron chi connectivity index (χ2n) is 5.01. The molecule has 1 heterocycles. The molecule has 0 aliphatic heterocycles. The molecule has 0 radical (unpaired) electrons. The first-order valence-corrected chi connectivity index (χ1v) is 7.78. The van der Waals surface area contributed by atoms with Crippen molar-refractivity contribution >= 4 is 34.8 Å². The van der Waals surface area contributed by atoms with Crippen LogP contribution in [0.25, 0.3) is 0 Å². The van der Waals surface area contributed by atoms with Gasteiger partial charge in [-0.05, 0) is 29.6 Å². The molecule has 0 fully saturated rings. The number of thiophene rings is 1. The molecule has 1 atom stereocenters. The van der Waals surface area contributed by atoms with Crippen molar-refractivity contribution in [2.24, 2.45) is 5.73 Å². The zero-order chi connectivity index (χ0) is 16.8. The molecule has 7 heteroatoms. The van der Waals surface area contributed by atoms with Gasteiger partial charge >= 0.3 is 5.97 Å². The summed E-state index contributed by atoms with van der Waals surface area (Å²) in [5, 5.41) is 13.5. The molecule has 2 amide bonds. The van der Waals surface area contributed by atoms with Gasteiger partial charge in [0.15, 0.2) is 0 Å². The van der Waals surface area contributed by atoms with Crippen LogP contribution in [0, 0.1) is 0 Å². The number of primary amides is 1. The lowest BCUT2D eigenvalue weighted by atomic mass is 9.99. The summed E-state index contributed by atoms with van der Waals surface area (Å²) in [7, 11) is 0. The van der Waals surface area contributed by atoms with Crippen LogP contribution >= 0.6 is 11.3 Å². The van der Waals surface area contributed by atoms with Crippen molar-refractivity contribution in [1.82, 2.24) is 0 Å². The molecular formula is C16H16N2O4S. The number of nitrogens with one attached hydrogen (secondary N) is 1. The summed E-state index contributed by atoms with van der Waals surface area (Å²) in [6.45, 7) is 0. The Kier molecular flexibility index (Phi) is 5.48. The summed E-state index contributed by atoms with van der Waals surface area (Å²) in [6.07, 6.45) is -0.0666. The van der Waals surface area contributed by atoms with E-state index in [1.807, 2.05) is 17.5 Å². The summed E-state index contributed by atoms with van der Waals surface area (Å²) in [5.74, 6) is -2.23. The monoisotopic (exact) mass is 332 g/mol. The molecule has 1 aromatic carbocycles. The lowest BCUT2D eigenvalue weighted by molar-refractivity contribution is -0.137. The Labute approximate surface area is 136 Å². The first-order chi connectivity index (χ1) is 11.0. The van der Waals surface area contributed by atoms with Gasteiger partial charge in [0, 0.05) is 28.5 Å². The fraction of sp³-hybridized carbons (Fsp3) is 0.188. The van der Waals surface area contributed by atoms with Crippen LogP contribution in [0.5, 0.6) is 0 Å². The van der Waals surface area contributed by atoms with Crippen molar-refractivity contribution in [3.05, 3.63) is 52.2 Å². The molecule has 0 spiro atoms. The smallest absolute Gasteiger partial charge is 0.304 e. The van der Waals surface area contributed by atoms with Crippen molar-refractivity contribution in [2.75, 3.05) is 5.32 Å². The number of benzene rings is 1. The third-order valence-electron chi connectivity index (χ3n) is 3.23. The summed E-state index contributed by atoms with van der Waals surface area (Å²) < 4.78 is 0. The molecule has 0 aliphatic carbocycles. The maximum absolute atomic E-state index is 12.2. The molecule has 0 saturated carbocycles. The number of carbonyl (C=O) groups is 3. The average molecular weight is 332 g/mol. The van der Waals surface area contributed by atoms with E-state index in [1.54, 1.807) is 18.2 Å². The Bertz CT molecular complexity index is 713. The Morgan fingerprint density at radius 3 is 2.57 bits per heavy atom. The molecule has 0 bridgehead atoms. The number of rotatable bonds is 7. The summed E-state index contributed by atoms with van der Waals surface area (Å²) in [4.78, 5) is 35.1. The molecule has 2 aromatic rings. The molecule has 23 heavy (non-hydrogen) atoms. The molecule has 4 N–H and O–H groups in total. The van der Waals surface area contributed by atoms with Crippen molar-refractivity contribution in [3.8, 4) is 0 Å². The number of carbonyl (C=O) groups excluding carboxylic acids is 2. The van der Waals surface area contributed by atoms with Crippen LogP contribution in [-0.4, -0.2) is 22.9 Å². The number of nitrogens with two attached hydrogens (primary N) is 1. The van der Waals surface area contributed by atoms with Gasteiger partial charge < -0.3 is 16.2 Å². The predicted octanol–water partition coefficient (Wildman–Crippen LogP) is 2.43. The topological polar surface area (TPSA) is 109 Å². The highest BCUT2D eigenvalue weighted by Gasteiger charge is 2.20. The zero-order valence-corrected chi connectivity index (χ0v) is 13.0. The Balaban J connectivity index is 2.06. The van der Waals surface area contributed by atoms with Crippen molar-refractivity contribution in [1.29, 1.82) is 0 Å². The number of carboxylic acids is 1. The minimum atomic E-state index is -0.952. The fourth-order valence-electron chi connectivity index (χ4n) is 2.19. The number of amides is 2. The molecule has 1 aromatic heterocycles. The Hall–Kier alpha value is -2.67. The van der Waals surface area contributed by atoms with E-state index in [0.29, 0.717) is 11.3 Å². The Morgan fingerprint density at radius 1 is 1.17 bits per heavy atom. The zero-order valence-electron chi connectivity index (χ0n) is 12.2. The number of hydrogen-bond donors (Lipinski definition) is 3. The fourth-order valence-corrected chi connectivity index (χ4v) is 3.02. The second kappa shape index (κ2) is 7.55. The minimum absolute atomic E-state index is 0.0492. The largest absolute Gasteiger partial charge is 0.481 e. The van der Waals surface area contributed by atoms with Crippen LogP contribution in [0.1, 0.15) is 34.0 Å². The van der Waals surface area contributed by atoms with E-state index in [1.165, 1.54) is 17.4 Å². The third-order valence-corrected chi connectivity index (χ3v) is 4.26. The third kappa shape index (κ3) is 4.93. The van der Waals surface area contributed by atoms with Crippen LogP contribution in [0.4, 0.5) is 5.69 Å². The number of carboxylic acid groups (broad SMARTS) is 1. The van der Waals surface area contributed by atoms with Gasteiger partial charge in [0.05, 0.1) is 6.42 Å².